The zero-order chi connectivity index (χ0) is 15.5. The summed E-state index contributed by atoms with van der Waals surface area (Å²) in [6, 6.07) is 0. The maximum atomic E-state index is 11.7. The van der Waals surface area contributed by atoms with Gasteiger partial charge in [-0.2, -0.15) is 0 Å². The molecule has 6 heteroatoms. The Hall–Kier alpha value is -1.82. The first-order valence-corrected chi connectivity index (χ1v) is 7.15. The summed E-state index contributed by atoms with van der Waals surface area (Å²) in [5.41, 5.74) is -1.06. The van der Waals surface area contributed by atoms with Gasteiger partial charge in [0.25, 0.3) is 5.79 Å². The van der Waals surface area contributed by atoms with Gasteiger partial charge in [-0.1, -0.05) is 6.42 Å². The van der Waals surface area contributed by atoms with Gasteiger partial charge in [0.1, 0.15) is 11.3 Å². The van der Waals surface area contributed by atoms with Gasteiger partial charge in [0.15, 0.2) is 0 Å². The average molecular weight is 295 g/mol. The molecule has 116 valence electrons. The number of esters is 2. The van der Waals surface area contributed by atoms with Crippen LogP contribution in [0.5, 0.6) is 0 Å². The lowest BCUT2D eigenvalue weighted by Gasteiger charge is -2.32. The van der Waals surface area contributed by atoms with Gasteiger partial charge in [-0.25, -0.2) is 9.59 Å². The second kappa shape index (κ2) is 5.89. The smallest absolute Gasteiger partial charge is 0.348 e. The van der Waals surface area contributed by atoms with E-state index in [-0.39, 0.29) is 5.57 Å². The summed E-state index contributed by atoms with van der Waals surface area (Å²) in [6.45, 7) is 2.99. The molecule has 2 N–H and O–H groups in total. The quantitative estimate of drug-likeness (QED) is 0.355. The highest BCUT2D eigenvalue weighted by Crippen LogP contribution is 2.25. The summed E-state index contributed by atoms with van der Waals surface area (Å²) in [5, 5.41) is 13.1. The first-order chi connectivity index (χ1) is 9.81. The lowest BCUT2D eigenvalue weighted by atomic mass is 9.92. The van der Waals surface area contributed by atoms with Crippen LogP contribution in [0.15, 0.2) is 23.9 Å². The molecular formula is C15H21NO5. The highest BCUT2D eigenvalue weighted by molar-refractivity contribution is 6.15. The minimum Gasteiger partial charge on any atom is -0.419 e. The number of cyclic esters (lactones) is 2. The zero-order valence-electron chi connectivity index (χ0n) is 12.3. The molecule has 0 aromatic carbocycles. The van der Waals surface area contributed by atoms with Crippen molar-refractivity contribution in [1.82, 2.24) is 5.32 Å². The maximum Gasteiger partial charge on any atom is 0.348 e. The summed E-state index contributed by atoms with van der Waals surface area (Å²) < 4.78 is 9.94. The van der Waals surface area contributed by atoms with Crippen LogP contribution in [-0.2, 0) is 19.1 Å². The Balaban J connectivity index is 1.95. The van der Waals surface area contributed by atoms with Crippen molar-refractivity contribution in [2.45, 2.75) is 57.5 Å². The Morgan fingerprint density at radius 2 is 1.67 bits per heavy atom. The molecule has 0 atom stereocenters. The molecule has 2 fully saturated rings. The van der Waals surface area contributed by atoms with Crippen LogP contribution in [0.4, 0.5) is 0 Å². The van der Waals surface area contributed by atoms with Crippen molar-refractivity contribution >= 4 is 11.9 Å². The van der Waals surface area contributed by atoms with Gasteiger partial charge in [-0.3, -0.25) is 0 Å². The zero-order valence-corrected chi connectivity index (χ0v) is 12.3. The molecule has 0 unspecified atom stereocenters. The first-order valence-electron chi connectivity index (χ1n) is 7.15. The molecule has 1 saturated carbocycles. The summed E-state index contributed by atoms with van der Waals surface area (Å²) in [7, 11) is 0. The molecular weight excluding hydrogens is 274 g/mol. The normalized spacial score (nSPS) is 24.4. The number of carbonyl (C=O) groups excluding carboxylic acids is 2. The Morgan fingerprint density at radius 3 is 2.24 bits per heavy atom. The van der Waals surface area contributed by atoms with Crippen molar-refractivity contribution in [2.75, 3.05) is 0 Å². The van der Waals surface area contributed by atoms with E-state index in [1.807, 2.05) is 0 Å². The maximum absolute atomic E-state index is 11.7. The average Bonchev–Trinajstić information content (AvgIpc) is 2.36. The molecule has 0 amide bonds. The minimum absolute atomic E-state index is 0.164. The van der Waals surface area contributed by atoms with Crippen molar-refractivity contribution in [1.29, 1.82) is 0 Å². The van der Waals surface area contributed by atoms with Crippen LogP contribution in [0.1, 0.15) is 46.0 Å². The number of hydrogen-bond donors (Lipinski definition) is 2. The van der Waals surface area contributed by atoms with E-state index < -0.39 is 23.5 Å². The van der Waals surface area contributed by atoms with Gasteiger partial charge in [-0.15, -0.1) is 0 Å². The van der Waals surface area contributed by atoms with Crippen LogP contribution in [0.3, 0.4) is 0 Å². The summed E-state index contributed by atoms with van der Waals surface area (Å²) in [6.07, 6.45) is 8.79. The molecule has 0 spiro atoms. The van der Waals surface area contributed by atoms with E-state index in [0.29, 0.717) is 12.8 Å². The van der Waals surface area contributed by atoms with E-state index in [9.17, 15) is 14.7 Å². The van der Waals surface area contributed by atoms with Gasteiger partial charge in [0, 0.05) is 13.8 Å². The number of carbonyl (C=O) groups is 2. The number of allylic oxidation sites excluding steroid dienone is 2. The first kappa shape index (κ1) is 15.6. The van der Waals surface area contributed by atoms with Gasteiger partial charge in [0.05, 0.1) is 0 Å². The van der Waals surface area contributed by atoms with Crippen LogP contribution in [0.2, 0.25) is 0 Å². The second-order valence-electron chi connectivity index (χ2n) is 5.85. The number of nitrogens with one attached hydrogen (secondary N) is 1. The fourth-order valence-corrected chi connectivity index (χ4v) is 2.43. The highest BCUT2D eigenvalue weighted by Gasteiger charge is 2.38. The molecule has 1 aliphatic carbocycles. The van der Waals surface area contributed by atoms with Crippen LogP contribution in [0, 0.1) is 0 Å². The molecule has 0 aromatic heterocycles. The minimum atomic E-state index is -1.23. The summed E-state index contributed by atoms with van der Waals surface area (Å²) in [5.74, 6) is -2.65. The molecule has 1 heterocycles. The molecule has 0 bridgehead atoms. The predicted molar refractivity (Wildman–Crippen MR) is 74.7 cm³/mol. The Labute approximate surface area is 123 Å². The van der Waals surface area contributed by atoms with Crippen molar-refractivity contribution in [2.24, 2.45) is 0 Å². The van der Waals surface area contributed by atoms with Gasteiger partial charge < -0.3 is 19.9 Å². The molecule has 21 heavy (non-hydrogen) atoms. The third-order valence-electron chi connectivity index (χ3n) is 3.51. The standard InChI is InChI=1S/C15H21NO5/c1-14(2)20-12(17)11(13(18)21-14)7-6-10-16-15(19)8-4-3-5-9-15/h6-7,10,16,19H,3-5,8-9H2,1-2H3/b10-6+. The van der Waals surface area contributed by atoms with E-state index >= 15 is 0 Å². The molecule has 0 radical (unpaired) electrons. The van der Waals surface area contributed by atoms with Crippen molar-refractivity contribution in [3.63, 3.8) is 0 Å². The van der Waals surface area contributed by atoms with Crippen molar-refractivity contribution in [3.05, 3.63) is 23.9 Å². The molecule has 2 rings (SSSR count). The third-order valence-corrected chi connectivity index (χ3v) is 3.51. The Kier molecular flexibility index (Phi) is 4.37. The van der Waals surface area contributed by atoms with Gasteiger partial charge >= 0.3 is 11.9 Å². The van der Waals surface area contributed by atoms with Crippen molar-refractivity contribution < 1.29 is 24.2 Å². The number of hydrogen-bond acceptors (Lipinski definition) is 6. The highest BCUT2D eigenvalue weighted by atomic mass is 16.7. The topological polar surface area (TPSA) is 84.9 Å². The van der Waals surface area contributed by atoms with Crippen LogP contribution >= 0.6 is 0 Å². The predicted octanol–water partition coefficient (Wildman–Crippen LogP) is 1.50. The van der Waals surface area contributed by atoms with Crippen LogP contribution in [-0.4, -0.2) is 28.6 Å². The molecule has 1 aliphatic heterocycles. The van der Waals surface area contributed by atoms with E-state index in [1.165, 1.54) is 32.2 Å². The van der Waals surface area contributed by atoms with Crippen LogP contribution < -0.4 is 5.32 Å². The summed E-state index contributed by atoms with van der Waals surface area (Å²) in [4.78, 5) is 23.4. The number of aliphatic hydroxyl groups is 1. The lowest BCUT2D eigenvalue weighted by molar-refractivity contribution is -0.222. The fraction of sp³-hybridized carbons (Fsp3) is 0.600. The van der Waals surface area contributed by atoms with Crippen molar-refractivity contribution in [3.8, 4) is 0 Å². The van der Waals surface area contributed by atoms with Gasteiger partial charge in [-0.05, 0) is 44.0 Å². The van der Waals surface area contributed by atoms with E-state index in [2.05, 4.69) is 5.32 Å². The Bertz CT molecular complexity index is 464. The van der Waals surface area contributed by atoms with Crippen LogP contribution in [0.25, 0.3) is 0 Å². The lowest BCUT2D eigenvalue weighted by Crippen LogP contribution is -2.43. The van der Waals surface area contributed by atoms with E-state index in [0.717, 1.165) is 19.3 Å². The largest absolute Gasteiger partial charge is 0.419 e. The van der Waals surface area contributed by atoms with E-state index in [1.54, 1.807) is 0 Å². The molecule has 6 nitrogen and oxygen atoms in total. The monoisotopic (exact) mass is 295 g/mol. The third kappa shape index (κ3) is 4.07. The van der Waals surface area contributed by atoms with E-state index in [4.69, 9.17) is 9.47 Å². The molecule has 0 aromatic rings. The summed E-state index contributed by atoms with van der Waals surface area (Å²) >= 11 is 0. The number of rotatable bonds is 3. The molecule has 1 saturated heterocycles. The molecule has 2 aliphatic rings. The SMILES string of the molecule is CC1(C)OC(=O)C(=C/C=C/NC2(O)CCCCC2)C(=O)O1. The Morgan fingerprint density at radius 1 is 1.10 bits per heavy atom. The second-order valence-corrected chi connectivity index (χ2v) is 5.85. The van der Waals surface area contributed by atoms with Gasteiger partial charge in [0.2, 0.25) is 0 Å². The fourth-order valence-electron chi connectivity index (χ4n) is 2.43. The number of ether oxygens (including phenoxy) is 2.